The number of nitrogens with zero attached hydrogens (tertiary/aromatic N) is 3. The van der Waals surface area contributed by atoms with Gasteiger partial charge in [0.2, 0.25) is 0 Å². The van der Waals surface area contributed by atoms with Crippen LogP contribution in [0.4, 0.5) is 5.82 Å². The van der Waals surface area contributed by atoms with E-state index in [4.69, 9.17) is 0 Å². The molecule has 1 aliphatic carbocycles. The van der Waals surface area contributed by atoms with Crippen LogP contribution in [-0.2, 0) is 0 Å². The molecule has 2 N–H and O–H groups in total. The lowest BCUT2D eigenvalue weighted by Gasteiger charge is -2.27. The molecule has 0 aromatic carbocycles. The summed E-state index contributed by atoms with van der Waals surface area (Å²) in [5.41, 5.74) is 2.26. The molecule has 5 nitrogen and oxygen atoms in total. The van der Waals surface area contributed by atoms with E-state index >= 15 is 0 Å². The van der Waals surface area contributed by atoms with Gasteiger partial charge in [-0.25, -0.2) is 0 Å². The van der Waals surface area contributed by atoms with Crippen LogP contribution in [0.3, 0.4) is 0 Å². The second-order valence-corrected chi connectivity index (χ2v) is 5.93. The number of anilines is 1. The first-order chi connectivity index (χ1) is 10.1. The van der Waals surface area contributed by atoms with Gasteiger partial charge in [-0.3, -0.25) is 0 Å². The lowest BCUT2D eigenvalue weighted by molar-refractivity contribution is 0.0648. The van der Waals surface area contributed by atoms with Crippen LogP contribution in [0.2, 0.25) is 0 Å². The predicted octanol–water partition coefficient (Wildman–Crippen LogP) is 2.71. The molecule has 114 valence electrons. The first kappa shape index (κ1) is 15.7. The highest BCUT2D eigenvalue weighted by Gasteiger charge is 2.22. The zero-order valence-electron chi connectivity index (χ0n) is 12.9. The Morgan fingerprint density at radius 3 is 2.76 bits per heavy atom. The number of aromatic nitrogens is 2. The Morgan fingerprint density at radius 2 is 2.05 bits per heavy atom. The summed E-state index contributed by atoms with van der Waals surface area (Å²) in [4.78, 5) is 0. The van der Waals surface area contributed by atoms with Crippen LogP contribution in [0.5, 0.6) is 0 Å². The molecular weight excluding hydrogens is 264 g/mol. The minimum atomic E-state index is -0.130. The van der Waals surface area contributed by atoms with Crippen molar-refractivity contribution in [1.29, 1.82) is 5.26 Å². The third-order valence-corrected chi connectivity index (χ3v) is 4.48. The van der Waals surface area contributed by atoms with Gasteiger partial charge in [-0.1, -0.05) is 12.8 Å². The summed E-state index contributed by atoms with van der Waals surface area (Å²) < 4.78 is 0. The SMILES string of the molecule is Cc1nnc(NCCC[C@@H]2CCCC[C@H]2O)c(C#N)c1C. The highest BCUT2D eigenvalue weighted by Crippen LogP contribution is 2.28. The molecule has 1 heterocycles. The van der Waals surface area contributed by atoms with E-state index in [2.05, 4.69) is 21.6 Å². The van der Waals surface area contributed by atoms with Gasteiger partial charge in [0.1, 0.15) is 11.6 Å². The number of hydrogen-bond donors (Lipinski definition) is 2. The predicted molar refractivity (Wildman–Crippen MR) is 81.9 cm³/mol. The van der Waals surface area contributed by atoms with E-state index in [1.54, 1.807) is 0 Å². The molecule has 0 spiro atoms. The molecule has 1 saturated carbocycles. The number of rotatable bonds is 5. The van der Waals surface area contributed by atoms with Crippen LogP contribution in [0.15, 0.2) is 0 Å². The van der Waals surface area contributed by atoms with Crippen molar-refractivity contribution in [2.24, 2.45) is 5.92 Å². The number of hydrogen-bond acceptors (Lipinski definition) is 5. The quantitative estimate of drug-likeness (QED) is 0.814. The summed E-state index contributed by atoms with van der Waals surface area (Å²) >= 11 is 0. The van der Waals surface area contributed by atoms with E-state index in [-0.39, 0.29) is 6.10 Å². The maximum absolute atomic E-state index is 9.95. The van der Waals surface area contributed by atoms with Crippen molar-refractivity contribution in [2.45, 2.75) is 58.5 Å². The zero-order chi connectivity index (χ0) is 15.2. The van der Waals surface area contributed by atoms with Gasteiger partial charge in [-0.05, 0) is 51.0 Å². The first-order valence-electron chi connectivity index (χ1n) is 7.79. The van der Waals surface area contributed by atoms with Crippen LogP contribution in [-0.4, -0.2) is 28.0 Å². The zero-order valence-corrected chi connectivity index (χ0v) is 12.9. The van der Waals surface area contributed by atoms with Crippen molar-refractivity contribution in [3.05, 3.63) is 16.8 Å². The Morgan fingerprint density at radius 1 is 1.29 bits per heavy atom. The van der Waals surface area contributed by atoms with Crippen molar-refractivity contribution in [2.75, 3.05) is 11.9 Å². The number of aliphatic hydroxyl groups excluding tert-OH is 1. The fourth-order valence-electron chi connectivity index (χ4n) is 2.96. The van der Waals surface area contributed by atoms with E-state index in [1.165, 1.54) is 6.42 Å². The van der Waals surface area contributed by atoms with E-state index in [0.29, 0.717) is 17.3 Å². The van der Waals surface area contributed by atoms with Crippen molar-refractivity contribution in [1.82, 2.24) is 10.2 Å². The lowest BCUT2D eigenvalue weighted by atomic mass is 9.83. The number of aryl methyl sites for hydroxylation is 1. The Hall–Kier alpha value is -1.67. The molecule has 0 amide bonds. The Bertz CT molecular complexity index is 524. The molecule has 1 aromatic rings. The first-order valence-corrected chi connectivity index (χ1v) is 7.79. The Balaban J connectivity index is 1.84. The monoisotopic (exact) mass is 288 g/mol. The maximum atomic E-state index is 9.95. The molecule has 1 aliphatic rings. The molecule has 1 aromatic heterocycles. The lowest BCUT2D eigenvalue weighted by Crippen LogP contribution is -2.24. The van der Waals surface area contributed by atoms with Crippen LogP contribution < -0.4 is 5.32 Å². The fourth-order valence-corrected chi connectivity index (χ4v) is 2.96. The maximum Gasteiger partial charge on any atom is 0.166 e. The highest BCUT2D eigenvalue weighted by atomic mass is 16.3. The van der Waals surface area contributed by atoms with Crippen LogP contribution in [0.25, 0.3) is 0 Å². The molecule has 0 radical (unpaired) electrons. The van der Waals surface area contributed by atoms with E-state index in [0.717, 1.165) is 49.9 Å². The summed E-state index contributed by atoms with van der Waals surface area (Å²) in [5.74, 6) is 1.01. The van der Waals surface area contributed by atoms with Gasteiger partial charge in [0.05, 0.1) is 11.8 Å². The topological polar surface area (TPSA) is 81.8 Å². The largest absolute Gasteiger partial charge is 0.393 e. The fraction of sp³-hybridized carbons (Fsp3) is 0.688. The van der Waals surface area contributed by atoms with Gasteiger partial charge < -0.3 is 10.4 Å². The van der Waals surface area contributed by atoms with Crippen LogP contribution in [0, 0.1) is 31.1 Å². The van der Waals surface area contributed by atoms with Crippen LogP contribution >= 0.6 is 0 Å². The standard InChI is InChI=1S/C16H24N4O/c1-11-12(2)19-20-16(14(11)10-17)18-9-5-7-13-6-3-4-8-15(13)21/h13,15,21H,3-9H2,1-2H3,(H,18,20)/t13-,15+/m0/s1. The molecule has 2 atom stereocenters. The van der Waals surface area contributed by atoms with Gasteiger partial charge in [-0.2, -0.15) is 10.4 Å². The van der Waals surface area contributed by atoms with Gasteiger partial charge in [0.15, 0.2) is 5.82 Å². The molecule has 0 bridgehead atoms. The van der Waals surface area contributed by atoms with E-state index in [1.807, 2.05) is 13.8 Å². The minimum Gasteiger partial charge on any atom is -0.393 e. The summed E-state index contributed by atoms with van der Waals surface area (Å²) in [7, 11) is 0. The average molecular weight is 288 g/mol. The molecule has 0 saturated heterocycles. The van der Waals surface area contributed by atoms with Crippen molar-refractivity contribution in [3.63, 3.8) is 0 Å². The number of nitrogens with one attached hydrogen (secondary N) is 1. The normalized spacial score (nSPS) is 21.8. The second kappa shape index (κ2) is 7.37. The molecule has 21 heavy (non-hydrogen) atoms. The molecule has 2 rings (SSSR count). The number of aliphatic hydroxyl groups is 1. The Labute approximate surface area is 126 Å². The molecule has 1 fully saturated rings. The molecule has 5 heteroatoms. The Kier molecular flexibility index (Phi) is 5.51. The molecule has 0 unspecified atom stereocenters. The highest BCUT2D eigenvalue weighted by molar-refractivity contribution is 5.55. The van der Waals surface area contributed by atoms with E-state index in [9.17, 15) is 10.4 Å². The van der Waals surface area contributed by atoms with Crippen molar-refractivity contribution in [3.8, 4) is 6.07 Å². The summed E-state index contributed by atoms with van der Waals surface area (Å²) in [6, 6.07) is 2.20. The number of nitriles is 1. The third-order valence-electron chi connectivity index (χ3n) is 4.48. The van der Waals surface area contributed by atoms with Gasteiger partial charge >= 0.3 is 0 Å². The third kappa shape index (κ3) is 3.92. The minimum absolute atomic E-state index is 0.130. The summed E-state index contributed by atoms with van der Waals surface area (Å²) in [6.07, 6.45) is 6.33. The van der Waals surface area contributed by atoms with Gasteiger partial charge in [0, 0.05) is 6.54 Å². The smallest absolute Gasteiger partial charge is 0.166 e. The second-order valence-electron chi connectivity index (χ2n) is 5.93. The molecule has 0 aliphatic heterocycles. The van der Waals surface area contributed by atoms with E-state index < -0.39 is 0 Å². The van der Waals surface area contributed by atoms with Gasteiger partial charge in [-0.15, -0.1) is 5.10 Å². The summed E-state index contributed by atoms with van der Waals surface area (Å²) in [5, 5.41) is 30.5. The average Bonchev–Trinajstić information content (AvgIpc) is 2.49. The van der Waals surface area contributed by atoms with Gasteiger partial charge in [0.25, 0.3) is 0 Å². The van der Waals surface area contributed by atoms with Crippen molar-refractivity contribution >= 4 is 5.82 Å². The molecular formula is C16H24N4O. The van der Waals surface area contributed by atoms with Crippen LogP contribution in [0.1, 0.15) is 55.3 Å². The summed E-state index contributed by atoms with van der Waals surface area (Å²) in [6.45, 7) is 4.51. The van der Waals surface area contributed by atoms with Crippen molar-refractivity contribution < 1.29 is 5.11 Å².